The normalized spacial score (nSPS) is 24.0. The zero-order chi connectivity index (χ0) is 15.6. The van der Waals surface area contributed by atoms with E-state index in [1.165, 1.54) is 12.1 Å². The summed E-state index contributed by atoms with van der Waals surface area (Å²) in [5.41, 5.74) is 0.711. The van der Waals surface area contributed by atoms with Crippen LogP contribution in [0.15, 0.2) is 18.2 Å². The Bertz CT molecular complexity index is 454. The summed E-state index contributed by atoms with van der Waals surface area (Å²) in [5.74, 6) is 0.0529. The summed E-state index contributed by atoms with van der Waals surface area (Å²) in [5, 5.41) is 3.60. The Morgan fingerprint density at radius 1 is 1.10 bits per heavy atom. The van der Waals surface area contributed by atoms with Gasteiger partial charge in [-0.05, 0) is 29.5 Å². The summed E-state index contributed by atoms with van der Waals surface area (Å²) in [7, 11) is 0. The molecule has 1 aliphatic rings. The van der Waals surface area contributed by atoms with E-state index >= 15 is 0 Å². The van der Waals surface area contributed by atoms with E-state index in [1.807, 2.05) is 0 Å². The fourth-order valence-corrected chi connectivity index (χ4v) is 3.08. The molecule has 1 aromatic rings. The van der Waals surface area contributed by atoms with Gasteiger partial charge in [-0.3, -0.25) is 4.90 Å². The molecule has 1 saturated heterocycles. The van der Waals surface area contributed by atoms with Crippen LogP contribution in [0.2, 0.25) is 0 Å². The standard InChI is InChI=1S/C17H26F2N2/c1-11(2)16-10-21(17(8-20-16)12(3)4)9-13-5-14(18)7-15(19)6-13/h5-7,11-12,16-17,20H,8-10H2,1-4H3. The minimum atomic E-state index is -0.498. The highest BCUT2D eigenvalue weighted by Gasteiger charge is 2.31. The lowest BCUT2D eigenvalue weighted by molar-refractivity contribution is 0.0782. The van der Waals surface area contributed by atoms with Gasteiger partial charge in [0.25, 0.3) is 0 Å². The molecule has 0 bridgehead atoms. The lowest BCUT2D eigenvalue weighted by atomic mass is 9.93. The van der Waals surface area contributed by atoms with Crippen molar-refractivity contribution in [3.8, 4) is 0 Å². The van der Waals surface area contributed by atoms with E-state index in [0.29, 0.717) is 36.0 Å². The quantitative estimate of drug-likeness (QED) is 0.916. The molecule has 0 saturated carbocycles. The van der Waals surface area contributed by atoms with E-state index in [1.54, 1.807) is 0 Å². The molecule has 1 heterocycles. The first-order valence-corrected chi connectivity index (χ1v) is 7.79. The molecule has 1 aliphatic heterocycles. The predicted octanol–water partition coefficient (Wildman–Crippen LogP) is 3.42. The maximum absolute atomic E-state index is 13.4. The van der Waals surface area contributed by atoms with Gasteiger partial charge in [-0.25, -0.2) is 8.78 Å². The first kappa shape index (κ1) is 16.4. The topological polar surface area (TPSA) is 15.3 Å². The Morgan fingerprint density at radius 3 is 2.24 bits per heavy atom. The first-order chi connectivity index (χ1) is 9.86. The fourth-order valence-electron chi connectivity index (χ4n) is 3.08. The average molecular weight is 296 g/mol. The molecule has 2 atom stereocenters. The van der Waals surface area contributed by atoms with Crippen molar-refractivity contribution in [3.63, 3.8) is 0 Å². The molecule has 0 aliphatic carbocycles. The number of hydrogen-bond acceptors (Lipinski definition) is 2. The molecule has 2 rings (SSSR count). The molecule has 118 valence electrons. The summed E-state index contributed by atoms with van der Waals surface area (Å²) in [4.78, 5) is 2.36. The van der Waals surface area contributed by atoms with Crippen LogP contribution < -0.4 is 5.32 Å². The predicted molar refractivity (Wildman–Crippen MR) is 82.0 cm³/mol. The van der Waals surface area contributed by atoms with Gasteiger partial charge in [0.1, 0.15) is 11.6 Å². The Morgan fingerprint density at radius 2 is 1.71 bits per heavy atom. The van der Waals surface area contributed by atoms with Gasteiger partial charge in [0, 0.05) is 37.8 Å². The second-order valence-electron chi connectivity index (χ2n) is 6.78. The van der Waals surface area contributed by atoms with Crippen molar-refractivity contribution in [2.24, 2.45) is 11.8 Å². The largest absolute Gasteiger partial charge is 0.311 e. The maximum atomic E-state index is 13.4. The highest BCUT2D eigenvalue weighted by atomic mass is 19.1. The van der Waals surface area contributed by atoms with Crippen LogP contribution in [0.25, 0.3) is 0 Å². The van der Waals surface area contributed by atoms with Gasteiger partial charge in [-0.15, -0.1) is 0 Å². The van der Waals surface area contributed by atoms with Crippen molar-refractivity contribution >= 4 is 0 Å². The number of piperazine rings is 1. The summed E-state index contributed by atoms with van der Waals surface area (Å²) in [6, 6.07) is 4.63. The molecule has 21 heavy (non-hydrogen) atoms. The molecular formula is C17H26F2N2. The number of rotatable bonds is 4. The molecule has 2 unspecified atom stereocenters. The van der Waals surface area contributed by atoms with Crippen LogP contribution in [0.5, 0.6) is 0 Å². The van der Waals surface area contributed by atoms with Crippen LogP contribution in [0.4, 0.5) is 8.78 Å². The molecule has 0 spiro atoms. The summed E-state index contributed by atoms with van der Waals surface area (Å²) in [6.07, 6.45) is 0. The molecule has 2 nitrogen and oxygen atoms in total. The molecule has 1 aromatic carbocycles. The lowest BCUT2D eigenvalue weighted by Crippen LogP contribution is -2.59. The highest BCUT2D eigenvalue weighted by Crippen LogP contribution is 2.21. The Labute approximate surface area is 126 Å². The highest BCUT2D eigenvalue weighted by molar-refractivity contribution is 5.18. The number of halogens is 2. The van der Waals surface area contributed by atoms with Gasteiger partial charge >= 0.3 is 0 Å². The smallest absolute Gasteiger partial charge is 0.126 e. The zero-order valence-electron chi connectivity index (χ0n) is 13.4. The summed E-state index contributed by atoms with van der Waals surface area (Å²) in [6.45, 7) is 11.2. The van der Waals surface area contributed by atoms with Gasteiger partial charge in [0.2, 0.25) is 0 Å². The minimum Gasteiger partial charge on any atom is -0.311 e. The van der Waals surface area contributed by atoms with E-state index in [4.69, 9.17) is 0 Å². The summed E-state index contributed by atoms with van der Waals surface area (Å²) >= 11 is 0. The van der Waals surface area contributed by atoms with Gasteiger partial charge in [0.05, 0.1) is 0 Å². The first-order valence-electron chi connectivity index (χ1n) is 7.79. The molecule has 0 amide bonds. The zero-order valence-corrected chi connectivity index (χ0v) is 13.4. The molecule has 1 fully saturated rings. The van der Waals surface area contributed by atoms with E-state index in [0.717, 1.165) is 19.2 Å². The van der Waals surface area contributed by atoms with Crippen molar-refractivity contribution in [1.82, 2.24) is 10.2 Å². The number of hydrogen-bond donors (Lipinski definition) is 1. The third kappa shape index (κ3) is 4.24. The molecule has 4 heteroatoms. The number of nitrogens with zero attached hydrogens (tertiary/aromatic N) is 1. The average Bonchev–Trinajstić information content (AvgIpc) is 2.36. The number of benzene rings is 1. The van der Waals surface area contributed by atoms with Crippen LogP contribution in [0.1, 0.15) is 33.3 Å². The second kappa shape index (κ2) is 6.84. The van der Waals surface area contributed by atoms with E-state index in [2.05, 4.69) is 37.9 Å². The van der Waals surface area contributed by atoms with E-state index in [-0.39, 0.29) is 0 Å². The third-order valence-electron chi connectivity index (χ3n) is 4.37. The Balaban J connectivity index is 2.15. The van der Waals surface area contributed by atoms with E-state index < -0.39 is 11.6 Å². The summed E-state index contributed by atoms with van der Waals surface area (Å²) < 4.78 is 26.7. The number of nitrogens with one attached hydrogen (secondary N) is 1. The van der Waals surface area contributed by atoms with Gasteiger partial charge in [0.15, 0.2) is 0 Å². The van der Waals surface area contributed by atoms with Crippen molar-refractivity contribution in [3.05, 3.63) is 35.4 Å². The van der Waals surface area contributed by atoms with E-state index in [9.17, 15) is 8.78 Å². The molecule has 1 N–H and O–H groups in total. The molecule has 0 aromatic heterocycles. The molecule has 0 radical (unpaired) electrons. The van der Waals surface area contributed by atoms with Crippen molar-refractivity contribution < 1.29 is 8.78 Å². The fraction of sp³-hybridized carbons (Fsp3) is 0.647. The van der Waals surface area contributed by atoms with Crippen molar-refractivity contribution in [2.45, 2.75) is 46.3 Å². The minimum absolute atomic E-state index is 0.395. The third-order valence-corrected chi connectivity index (χ3v) is 4.37. The monoisotopic (exact) mass is 296 g/mol. The lowest BCUT2D eigenvalue weighted by Gasteiger charge is -2.43. The van der Waals surface area contributed by atoms with Crippen LogP contribution >= 0.6 is 0 Å². The van der Waals surface area contributed by atoms with Crippen LogP contribution in [-0.2, 0) is 6.54 Å². The Kier molecular flexibility index (Phi) is 5.33. The van der Waals surface area contributed by atoms with Crippen LogP contribution in [0.3, 0.4) is 0 Å². The van der Waals surface area contributed by atoms with Crippen LogP contribution in [-0.4, -0.2) is 30.1 Å². The second-order valence-corrected chi connectivity index (χ2v) is 6.78. The molecular weight excluding hydrogens is 270 g/mol. The van der Waals surface area contributed by atoms with Gasteiger partial charge in [-0.2, -0.15) is 0 Å². The maximum Gasteiger partial charge on any atom is 0.126 e. The van der Waals surface area contributed by atoms with Crippen molar-refractivity contribution in [1.29, 1.82) is 0 Å². The van der Waals surface area contributed by atoms with Gasteiger partial charge in [-0.1, -0.05) is 27.7 Å². The SMILES string of the molecule is CC(C)C1CN(Cc2cc(F)cc(F)c2)C(C(C)C)CN1. The van der Waals surface area contributed by atoms with Crippen LogP contribution in [0, 0.1) is 23.5 Å². The van der Waals surface area contributed by atoms with Gasteiger partial charge < -0.3 is 5.32 Å². The Hall–Kier alpha value is -1.00. The van der Waals surface area contributed by atoms with Crippen molar-refractivity contribution in [2.75, 3.05) is 13.1 Å².